The summed E-state index contributed by atoms with van der Waals surface area (Å²) < 4.78 is 15.6. The van der Waals surface area contributed by atoms with Crippen LogP contribution in [0.1, 0.15) is 5.69 Å². The third kappa shape index (κ3) is 4.76. The second kappa shape index (κ2) is 8.54. The highest BCUT2D eigenvalue weighted by Gasteiger charge is 2.11. The number of anilines is 1. The molecule has 0 unspecified atom stereocenters. The third-order valence-corrected chi connectivity index (χ3v) is 4.48. The number of rotatable bonds is 7. The second-order valence-electron chi connectivity index (χ2n) is 5.49. The summed E-state index contributed by atoms with van der Waals surface area (Å²) in [5, 5.41) is 15.4. The standard InChI is InChI=1S/C18H18N4O4S/c1-11-8-17(26-22-11)19-16(23)10-27-18-7-5-14(20-21-18)13-9-12(24-2)4-6-15(13)25-3/h4-9H,10H2,1-3H3,(H,19,23). The van der Waals surface area contributed by atoms with Gasteiger partial charge in [-0.1, -0.05) is 16.9 Å². The third-order valence-electron chi connectivity index (χ3n) is 3.56. The van der Waals surface area contributed by atoms with E-state index in [1.165, 1.54) is 11.8 Å². The number of methoxy groups -OCH3 is 2. The molecule has 0 bridgehead atoms. The van der Waals surface area contributed by atoms with Crippen LogP contribution in [0.25, 0.3) is 11.3 Å². The highest BCUT2D eigenvalue weighted by Crippen LogP contribution is 2.32. The fraction of sp³-hybridized carbons (Fsp3) is 0.222. The van der Waals surface area contributed by atoms with Crippen LogP contribution in [0.3, 0.4) is 0 Å². The summed E-state index contributed by atoms with van der Waals surface area (Å²) in [4.78, 5) is 11.9. The molecule has 3 aromatic rings. The molecular formula is C18H18N4O4S. The number of carbonyl (C=O) groups is 1. The van der Waals surface area contributed by atoms with Gasteiger partial charge in [-0.15, -0.1) is 10.2 Å². The van der Waals surface area contributed by atoms with Crippen LogP contribution in [-0.4, -0.2) is 41.2 Å². The van der Waals surface area contributed by atoms with Crippen LogP contribution in [0.4, 0.5) is 5.88 Å². The molecule has 0 aliphatic rings. The molecule has 1 N–H and O–H groups in total. The molecule has 0 aliphatic heterocycles. The van der Waals surface area contributed by atoms with E-state index in [4.69, 9.17) is 14.0 Å². The number of carbonyl (C=O) groups excluding carboxylic acids is 1. The van der Waals surface area contributed by atoms with Crippen molar-refractivity contribution in [1.82, 2.24) is 15.4 Å². The fourth-order valence-electron chi connectivity index (χ4n) is 2.29. The zero-order valence-corrected chi connectivity index (χ0v) is 15.9. The highest BCUT2D eigenvalue weighted by atomic mass is 32.2. The van der Waals surface area contributed by atoms with Gasteiger partial charge in [-0.2, -0.15) is 0 Å². The van der Waals surface area contributed by atoms with Crippen molar-refractivity contribution >= 4 is 23.6 Å². The number of benzene rings is 1. The van der Waals surface area contributed by atoms with Gasteiger partial charge >= 0.3 is 0 Å². The molecule has 0 radical (unpaired) electrons. The number of nitrogens with zero attached hydrogens (tertiary/aromatic N) is 3. The Balaban J connectivity index is 1.64. The lowest BCUT2D eigenvalue weighted by atomic mass is 10.1. The molecule has 3 rings (SSSR count). The van der Waals surface area contributed by atoms with Crippen molar-refractivity contribution in [2.45, 2.75) is 11.9 Å². The van der Waals surface area contributed by atoms with E-state index < -0.39 is 0 Å². The van der Waals surface area contributed by atoms with E-state index in [-0.39, 0.29) is 11.7 Å². The van der Waals surface area contributed by atoms with Gasteiger partial charge in [-0.3, -0.25) is 10.1 Å². The summed E-state index contributed by atoms with van der Waals surface area (Å²) in [5.41, 5.74) is 2.13. The van der Waals surface area contributed by atoms with Gasteiger partial charge in [-0.25, -0.2) is 0 Å². The molecule has 140 valence electrons. The first-order valence-electron chi connectivity index (χ1n) is 8.01. The SMILES string of the molecule is COc1ccc(OC)c(-c2ccc(SCC(=O)Nc3cc(C)no3)nn2)c1. The minimum atomic E-state index is -0.212. The summed E-state index contributed by atoms with van der Waals surface area (Å²) in [6, 6.07) is 10.7. The van der Waals surface area contributed by atoms with Crippen molar-refractivity contribution in [2.75, 3.05) is 25.3 Å². The molecule has 27 heavy (non-hydrogen) atoms. The molecule has 2 aromatic heterocycles. The maximum Gasteiger partial charge on any atom is 0.237 e. The summed E-state index contributed by atoms with van der Waals surface area (Å²) in [5.74, 6) is 1.66. The van der Waals surface area contributed by atoms with Crippen LogP contribution in [0.15, 0.2) is 45.9 Å². The van der Waals surface area contributed by atoms with Crippen LogP contribution in [-0.2, 0) is 4.79 Å². The van der Waals surface area contributed by atoms with Crippen molar-refractivity contribution in [3.8, 4) is 22.8 Å². The smallest absolute Gasteiger partial charge is 0.237 e. The van der Waals surface area contributed by atoms with E-state index in [0.29, 0.717) is 33.8 Å². The normalized spacial score (nSPS) is 10.5. The van der Waals surface area contributed by atoms with Gasteiger partial charge in [0, 0.05) is 11.6 Å². The molecule has 0 fully saturated rings. The average Bonchev–Trinajstić information content (AvgIpc) is 3.10. The number of thioether (sulfide) groups is 1. The molecule has 0 saturated carbocycles. The Hall–Kier alpha value is -3.07. The Morgan fingerprint density at radius 2 is 2.00 bits per heavy atom. The average molecular weight is 386 g/mol. The van der Waals surface area contributed by atoms with Crippen LogP contribution >= 0.6 is 11.8 Å². The molecule has 2 heterocycles. The minimum Gasteiger partial charge on any atom is -0.497 e. The minimum absolute atomic E-state index is 0.177. The molecule has 0 spiro atoms. The monoisotopic (exact) mass is 386 g/mol. The zero-order chi connectivity index (χ0) is 19.2. The van der Waals surface area contributed by atoms with Gasteiger partial charge in [0.05, 0.1) is 31.4 Å². The lowest BCUT2D eigenvalue weighted by molar-refractivity contribution is -0.113. The van der Waals surface area contributed by atoms with Gasteiger partial charge in [0.25, 0.3) is 0 Å². The van der Waals surface area contributed by atoms with Crippen molar-refractivity contribution in [3.63, 3.8) is 0 Å². The molecule has 9 heteroatoms. The lowest BCUT2D eigenvalue weighted by Gasteiger charge is -2.09. The van der Waals surface area contributed by atoms with E-state index in [9.17, 15) is 4.79 Å². The topological polar surface area (TPSA) is 99.4 Å². The van der Waals surface area contributed by atoms with Crippen LogP contribution in [0.2, 0.25) is 0 Å². The summed E-state index contributed by atoms with van der Waals surface area (Å²) in [6.07, 6.45) is 0. The number of nitrogens with one attached hydrogen (secondary N) is 1. The Morgan fingerprint density at radius 1 is 1.15 bits per heavy atom. The van der Waals surface area contributed by atoms with Gasteiger partial charge in [0.15, 0.2) is 0 Å². The molecular weight excluding hydrogens is 368 g/mol. The number of ether oxygens (including phenoxy) is 2. The van der Waals surface area contributed by atoms with Crippen LogP contribution in [0.5, 0.6) is 11.5 Å². The van der Waals surface area contributed by atoms with Crippen molar-refractivity contribution in [2.24, 2.45) is 0 Å². The van der Waals surface area contributed by atoms with E-state index in [0.717, 1.165) is 5.56 Å². The lowest BCUT2D eigenvalue weighted by Crippen LogP contribution is -2.13. The molecule has 1 aromatic carbocycles. The van der Waals surface area contributed by atoms with Gasteiger partial charge in [0.1, 0.15) is 16.5 Å². The Bertz CT molecular complexity index is 927. The van der Waals surface area contributed by atoms with E-state index in [2.05, 4.69) is 20.7 Å². The number of aromatic nitrogens is 3. The summed E-state index contributed by atoms with van der Waals surface area (Å²) in [6.45, 7) is 1.78. The van der Waals surface area contributed by atoms with Crippen LogP contribution < -0.4 is 14.8 Å². The Labute approximate surface area is 160 Å². The molecule has 0 atom stereocenters. The Morgan fingerprint density at radius 3 is 2.63 bits per heavy atom. The molecule has 0 aliphatic carbocycles. The van der Waals surface area contributed by atoms with Crippen LogP contribution in [0, 0.1) is 6.92 Å². The Kier molecular flexibility index (Phi) is 5.92. The summed E-state index contributed by atoms with van der Waals surface area (Å²) >= 11 is 1.27. The summed E-state index contributed by atoms with van der Waals surface area (Å²) in [7, 11) is 3.19. The van der Waals surface area contributed by atoms with Crippen molar-refractivity contribution in [1.29, 1.82) is 0 Å². The first-order chi connectivity index (χ1) is 13.1. The highest BCUT2D eigenvalue weighted by molar-refractivity contribution is 7.99. The molecule has 8 nitrogen and oxygen atoms in total. The first-order valence-corrected chi connectivity index (χ1v) is 8.99. The van der Waals surface area contributed by atoms with Gasteiger partial charge in [0.2, 0.25) is 11.8 Å². The number of aryl methyl sites for hydroxylation is 1. The first kappa shape index (κ1) is 18.7. The zero-order valence-electron chi connectivity index (χ0n) is 15.1. The van der Waals surface area contributed by atoms with E-state index in [1.807, 2.05) is 24.3 Å². The predicted octanol–water partition coefficient (Wildman–Crippen LogP) is 3.19. The predicted molar refractivity (Wildman–Crippen MR) is 101 cm³/mol. The van der Waals surface area contributed by atoms with Gasteiger partial charge in [-0.05, 0) is 37.3 Å². The largest absolute Gasteiger partial charge is 0.497 e. The number of amides is 1. The number of hydrogen-bond donors (Lipinski definition) is 1. The molecule has 0 saturated heterocycles. The fourth-order valence-corrected chi connectivity index (χ4v) is 2.90. The maximum atomic E-state index is 11.9. The van der Waals surface area contributed by atoms with E-state index >= 15 is 0 Å². The number of hydrogen-bond acceptors (Lipinski definition) is 8. The van der Waals surface area contributed by atoms with E-state index in [1.54, 1.807) is 33.3 Å². The van der Waals surface area contributed by atoms with Gasteiger partial charge < -0.3 is 14.0 Å². The van der Waals surface area contributed by atoms with Crippen molar-refractivity contribution in [3.05, 3.63) is 42.1 Å². The quantitative estimate of drug-likeness (QED) is 0.618. The maximum absolute atomic E-state index is 11.9. The molecule has 1 amide bonds. The second-order valence-corrected chi connectivity index (χ2v) is 6.49. The van der Waals surface area contributed by atoms with Crippen molar-refractivity contribution < 1.29 is 18.8 Å².